The van der Waals surface area contributed by atoms with E-state index in [0.717, 1.165) is 19.6 Å². The second-order valence-corrected chi connectivity index (χ2v) is 6.12. The van der Waals surface area contributed by atoms with Gasteiger partial charge in [0.05, 0.1) is 0 Å². The Balaban J connectivity index is 1.55. The van der Waals surface area contributed by atoms with Gasteiger partial charge in [-0.3, -0.25) is 0 Å². The molecule has 0 saturated carbocycles. The molecule has 1 aliphatic rings. The lowest BCUT2D eigenvalue weighted by Crippen LogP contribution is -2.21. The van der Waals surface area contributed by atoms with Crippen molar-refractivity contribution in [2.75, 3.05) is 25.5 Å². The van der Waals surface area contributed by atoms with Crippen LogP contribution in [0.25, 0.3) is 0 Å². The molecular weight excluding hydrogens is 256 g/mol. The zero-order chi connectivity index (χ0) is 14.7. The minimum atomic E-state index is 0.653. The van der Waals surface area contributed by atoms with E-state index in [-0.39, 0.29) is 0 Å². The third-order valence-electron chi connectivity index (χ3n) is 4.50. The summed E-state index contributed by atoms with van der Waals surface area (Å²) in [6.45, 7) is 5.45. The first kappa shape index (κ1) is 14.2. The quantitative estimate of drug-likeness (QED) is 0.889. The fourth-order valence-corrected chi connectivity index (χ4v) is 3.15. The highest BCUT2D eigenvalue weighted by Crippen LogP contribution is 2.33. The van der Waals surface area contributed by atoms with E-state index in [4.69, 9.17) is 0 Å². The van der Waals surface area contributed by atoms with Crippen LogP contribution in [0.3, 0.4) is 0 Å². The smallest absolute Gasteiger partial charge is 0.0376 e. The average Bonchev–Trinajstić information content (AvgIpc) is 2.91. The van der Waals surface area contributed by atoms with Gasteiger partial charge in [-0.05, 0) is 49.7 Å². The van der Waals surface area contributed by atoms with Crippen LogP contribution in [-0.4, -0.2) is 25.0 Å². The largest absolute Gasteiger partial charge is 0.384 e. The van der Waals surface area contributed by atoms with Gasteiger partial charge >= 0.3 is 0 Å². The Labute approximate surface area is 127 Å². The highest BCUT2D eigenvalue weighted by molar-refractivity contribution is 5.57. The molecule has 1 aliphatic heterocycles. The topological polar surface area (TPSA) is 15.3 Å². The van der Waals surface area contributed by atoms with Gasteiger partial charge in [-0.25, -0.2) is 0 Å². The van der Waals surface area contributed by atoms with Crippen LogP contribution < -0.4 is 5.32 Å². The summed E-state index contributed by atoms with van der Waals surface area (Å²) in [7, 11) is 2.22. The summed E-state index contributed by atoms with van der Waals surface area (Å²) in [5.41, 5.74) is 5.63. The third-order valence-corrected chi connectivity index (χ3v) is 4.50. The maximum atomic E-state index is 3.51. The molecule has 0 fully saturated rings. The standard InChI is InChI=1S/C19H24N2/c1-15-7-3-4-8-17(15)14-21(2)12-11-16-13-20-19-10-6-5-9-18(16)19/h3-10,16,20H,11-14H2,1-2H3. The van der Waals surface area contributed by atoms with Crippen LogP contribution in [0.1, 0.15) is 29.0 Å². The first-order valence-electron chi connectivity index (χ1n) is 7.80. The molecule has 2 aromatic rings. The number of hydrogen-bond donors (Lipinski definition) is 1. The number of fused-ring (bicyclic) bond motifs is 1. The van der Waals surface area contributed by atoms with E-state index < -0.39 is 0 Å². The van der Waals surface area contributed by atoms with E-state index in [2.05, 4.69) is 72.7 Å². The number of rotatable bonds is 5. The van der Waals surface area contributed by atoms with Crippen molar-refractivity contribution in [1.29, 1.82) is 0 Å². The summed E-state index contributed by atoms with van der Waals surface area (Å²) in [6.07, 6.45) is 1.21. The Kier molecular flexibility index (Phi) is 4.26. The van der Waals surface area contributed by atoms with Crippen LogP contribution in [0.4, 0.5) is 5.69 Å². The lowest BCUT2D eigenvalue weighted by molar-refractivity contribution is 0.313. The van der Waals surface area contributed by atoms with E-state index in [1.165, 1.54) is 28.8 Å². The summed E-state index contributed by atoms with van der Waals surface area (Å²) in [5.74, 6) is 0.653. The van der Waals surface area contributed by atoms with Crippen LogP contribution in [0, 0.1) is 6.92 Å². The number of para-hydroxylation sites is 1. The Morgan fingerprint density at radius 1 is 1.10 bits per heavy atom. The van der Waals surface area contributed by atoms with Gasteiger partial charge in [-0.2, -0.15) is 0 Å². The molecule has 0 amide bonds. The molecule has 2 heteroatoms. The molecule has 0 aliphatic carbocycles. The second kappa shape index (κ2) is 6.31. The van der Waals surface area contributed by atoms with Gasteiger partial charge < -0.3 is 10.2 Å². The van der Waals surface area contributed by atoms with Crippen LogP contribution in [-0.2, 0) is 6.54 Å². The average molecular weight is 280 g/mol. The van der Waals surface area contributed by atoms with E-state index in [9.17, 15) is 0 Å². The molecule has 3 rings (SSSR count). The predicted octanol–water partition coefficient (Wildman–Crippen LogP) is 4.03. The van der Waals surface area contributed by atoms with Crippen LogP contribution in [0.15, 0.2) is 48.5 Å². The molecule has 1 heterocycles. The van der Waals surface area contributed by atoms with Crippen LogP contribution in [0.5, 0.6) is 0 Å². The van der Waals surface area contributed by atoms with Gasteiger partial charge in [-0.15, -0.1) is 0 Å². The van der Waals surface area contributed by atoms with Crippen molar-refractivity contribution < 1.29 is 0 Å². The molecule has 1 N–H and O–H groups in total. The molecule has 0 saturated heterocycles. The molecule has 2 nitrogen and oxygen atoms in total. The Morgan fingerprint density at radius 2 is 1.86 bits per heavy atom. The normalized spacial score (nSPS) is 16.8. The highest BCUT2D eigenvalue weighted by atomic mass is 15.1. The number of nitrogens with one attached hydrogen (secondary N) is 1. The first-order valence-corrected chi connectivity index (χ1v) is 7.80. The van der Waals surface area contributed by atoms with Gasteiger partial charge in [0.15, 0.2) is 0 Å². The van der Waals surface area contributed by atoms with Crippen molar-refractivity contribution in [1.82, 2.24) is 4.90 Å². The van der Waals surface area contributed by atoms with Gasteiger partial charge in [0.2, 0.25) is 0 Å². The number of nitrogens with zero attached hydrogens (tertiary/aromatic N) is 1. The number of hydrogen-bond acceptors (Lipinski definition) is 2. The van der Waals surface area contributed by atoms with Crippen molar-refractivity contribution >= 4 is 5.69 Å². The zero-order valence-electron chi connectivity index (χ0n) is 13.0. The summed E-state index contributed by atoms with van der Waals surface area (Å²) >= 11 is 0. The molecule has 0 radical (unpaired) electrons. The van der Waals surface area contributed by atoms with Crippen LogP contribution >= 0.6 is 0 Å². The lowest BCUT2D eigenvalue weighted by Gasteiger charge is -2.20. The lowest BCUT2D eigenvalue weighted by atomic mass is 9.97. The third kappa shape index (κ3) is 3.27. The number of anilines is 1. The summed E-state index contributed by atoms with van der Waals surface area (Å²) in [4.78, 5) is 2.43. The van der Waals surface area contributed by atoms with E-state index in [1.807, 2.05) is 0 Å². The zero-order valence-corrected chi connectivity index (χ0v) is 13.0. The molecule has 1 atom stereocenters. The van der Waals surface area contributed by atoms with Crippen molar-refractivity contribution in [3.8, 4) is 0 Å². The summed E-state index contributed by atoms with van der Waals surface area (Å²) in [5, 5.41) is 3.51. The molecule has 21 heavy (non-hydrogen) atoms. The fraction of sp³-hybridized carbons (Fsp3) is 0.368. The monoisotopic (exact) mass is 280 g/mol. The highest BCUT2D eigenvalue weighted by Gasteiger charge is 2.21. The van der Waals surface area contributed by atoms with E-state index in [1.54, 1.807) is 0 Å². The van der Waals surface area contributed by atoms with E-state index >= 15 is 0 Å². The van der Waals surface area contributed by atoms with Crippen molar-refractivity contribution in [2.24, 2.45) is 0 Å². The Bertz CT molecular complexity index is 606. The maximum Gasteiger partial charge on any atom is 0.0376 e. The Morgan fingerprint density at radius 3 is 2.71 bits per heavy atom. The Hall–Kier alpha value is -1.80. The first-order chi connectivity index (χ1) is 10.2. The van der Waals surface area contributed by atoms with Crippen molar-refractivity contribution in [3.63, 3.8) is 0 Å². The van der Waals surface area contributed by atoms with Crippen LogP contribution in [0.2, 0.25) is 0 Å². The summed E-state index contributed by atoms with van der Waals surface area (Å²) in [6, 6.07) is 17.4. The van der Waals surface area contributed by atoms with Gasteiger partial charge in [0, 0.05) is 24.7 Å². The molecule has 110 valence electrons. The molecule has 2 aromatic carbocycles. The SMILES string of the molecule is Cc1ccccc1CN(C)CCC1CNc2ccccc21. The molecular formula is C19H24N2. The molecule has 0 aromatic heterocycles. The molecule has 1 unspecified atom stereocenters. The number of benzene rings is 2. The van der Waals surface area contributed by atoms with Gasteiger partial charge in [0.1, 0.15) is 0 Å². The molecule has 0 spiro atoms. The van der Waals surface area contributed by atoms with Crippen molar-refractivity contribution in [3.05, 3.63) is 65.2 Å². The second-order valence-electron chi connectivity index (χ2n) is 6.12. The van der Waals surface area contributed by atoms with Gasteiger partial charge in [0.25, 0.3) is 0 Å². The summed E-state index contributed by atoms with van der Waals surface area (Å²) < 4.78 is 0. The van der Waals surface area contributed by atoms with Crippen molar-refractivity contribution in [2.45, 2.75) is 25.8 Å². The number of aryl methyl sites for hydroxylation is 1. The fourth-order valence-electron chi connectivity index (χ4n) is 3.15. The maximum absolute atomic E-state index is 3.51. The van der Waals surface area contributed by atoms with E-state index in [0.29, 0.717) is 5.92 Å². The molecule has 0 bridgehead atoms. The minimum absolute atomic E-state index is 0.653. The van der Waals surface area contributed by atoms with Gasteiger partial charge in [-0.1, -0.05) is 42.5 Å². The predicted molar refractivity (Wildman–Crippen MR) is 89.8 cm³/mol. The minimum Gasteiger partial charge on any atom is -0.384 e.